The zero-order valence-corrected chi connectivity index (χ0v) is 13.8. The fourth-order valence-corrected chi connectivity index (χ4v) is 2.59. The van der Waals surface area contributed by atoms with E-state index in [0.717, 1.165) is 11.1 Å². The minimum absolute atomic E-state index is 0.153. The molecule has 1 aromatic carbocycles. The van der Waals surface area contributed by atoms with Gasteiger partial charge in [-0.25, -0.2) is 9.78 Å². The molecule has 2 aromatic heterocycles. The third-order valence-electron chi connectivity index (χ3n) is 3.81. The van der Waals surface area contributed by atoms with Crippen molar-refractivity contribution in [3.63, 3.8) is 0 Å². The largest absolute Gasteiger partial charge is 0.462 e. The monoisotopic (exact) mass is 326 g/mol. The summed E-state index contributed by atoms with van der Waals surface area (Å²) >= 11 is 0. The van der Waals surface area contributed by atoms with Gasteiger partial charge in [0.05, 0.1) is 13.2 Å². The molecular formula is C18H18N2O4. The van der Waals surface area contributed by atoms with E-state index in [1.807, 2.05) is 31.2 Å². The molecule has 24 heavy (non-hydrogen) atoms. The van der Waals surface area contributed by atoms with Gasteiger partial charge < -0.3 is 9.15 Å². The summed E-state index contributed by atoms with van der Waals surface area (Å²) in [6.45, 7) is 5.93. The van der Waals surface area contributed by atoms with E-state index < -0.39 is 5.97 Å². The average molecular weight is 326 g/mol. The van der Waals surface area contributed by atoms with Crippen LogP contribution in [-0.4, -0.2) is 22.1 Å². The number of aromatic nitrogens is 2. The quantitative estimate of drug-likeness (QED) is 0.689. The number of fused-ring (bicyclic) bond motifs is 1. The molecule has 0 saturated carbocycles. The van der Waals surface area contributed by atoms with Gasteiger partial charge in [-0.2, -0.15) is 0 Å². The number of carbonyl (C=O) groups excluding carboxylic acids is 1. The summed E-state index contributed by atoms with van der Waals surface area (Å²) < 4.78 is 11.9. The Morgan fingerprint density at radius 3 is 2.62 bits per heavy atom. The van der Waals surface area contributed by atoms with Gasteiger partial charge in [0.15, 0.2) is 0 Å². The predicted octanol–water partition coefficient (Wildman–Crippen LogP) is 2.83. The van der Waals surface area contributed by atoms with Crippen molar-refractivity contribution >= 4 is 17.1 Å². The minimum atomic E-state index is -0.569. The van der Waals surface area contributed by atoms with Gasteiger partial charge in [0, 0.05) is 0 Å². The molecule has 3 aromatic rings. The fourth-order valence-electron chi connectivity index (χ4n) is 2.59. The molecule has 0 spiro atoms. The second kappa shape index (κ2) is 6.31. The lowest BCUT2D eigenvalue weighted by molar-refractivity contribution is 0.0526. The molecule has 0 aliphatic rings. The summed E-state index contributed by atoms with van der Waals surface area (Å²) in [6, 6.07) is 7.88. The van der Waals surface area contributed by atoms with E-state index in [9.17, 15) is 9.59 Å². The molecule has 0 unspecified atom stereocenters. The normalized spacial score (nSPS) is 11.0. The van der Waals surface area contributed by atoms with Gasteiger partial charge in [-0.15, -0.1) is 0 Å². The van der Waals surface area contributed by atoms with Gasteiger partial charge in [0.2, 0.25) is 5.71 Å². The number of hydrogen-bond acceptors (Lipinski definition) is 5. The van der Waals surface area contributed by atoms with Crippen molar-refractivity contribution in [3.8, 4) is 0 Å². The molecule has 0 aliphatic heterocycles. The van der Waals surface area contributed by atoms with E-state index in [-0.39, 0.29) is 28.8 Å². The molecule has 124 valence electrons. The highest BCUT2D eigenvalue weighted by atomic mass is 16.5. The van der Waals surface area contributed by atoms with Crippen LogP contribution in [0.3, 0.4) is 0 Å². The van der Waals surface area contributed by atoms with Crippen LogP contribution < -0.4 is 5.56 Å². The van der Waals surface area contributed by atoms with Gasteiger partial charge in [-0.3, -0.25) is 9.36 Å². The molecule has 0 atom stereocenters. The molecular weight excluding hydrogens is 308 g/mol. The lowest BCUT2D eigenvalue weighted by Gasteiger charge is -2.06. The molecule has 2 heterocycles. The molecule has 3 rings (SSSR count). The Bertz CT molecular complexity index is 952. The maximum Gasteiger partial charge on any atom is 0.342 e. The lowest BCUT2D eigenvalue weighted by Crippen LogP contribution is -2.22. The highest BCUT2D eigenvalue weighted by Crippen LogP contribution is 2.21. The third-order valence-corrected chi connectivity index (χ3v) is 3.81. The van der Waals surface area contributed by atoms with E-state index in [1.165, 1.54) is 10.9 Å². The van der Waals surface area contributed by atoms with Crippen molar-refractivity contribution in [1.82, 2.24) is 9.55 Å². The second-order valence-corrected chi connectivity index (χ2v) is 5.60. The number of rotatable bonds is 4. The van der Waals surface area contributed by atoms with E-state index in [1.54, 1.807) is 13.8 Å². The Hall–Kier alpha value is -2.89. The van der Waals surface area contributed by atoms with Crippen LogP contribution in [0.15, 0.2) is 39.8 Å². The van der Waals surface area contributed by atoms with Crippen molar-refractivity contribution in [2.45, 2.75) is 27.3 Å². The van der Waals surface area contributed by atoms with Gasteiger partial charge in [0.1, 0.15) is 23.0 Å². The number of carbonyl (C=O) groups is 1. The number of benzene rings is 1. The smallest absolute Gasteiger partial charge is 0.342 e. The number of ether oxygens (including phenoxy) is 1. The first-order valence-corrected chi connectivity index (χ1v) is 7.72. The van der Waals surface area contributed by atoms with Gasteiger partial charge in [-0.1, -0.05) is 29.8 Å². The molecule has 6 heteroatoms. The summed E-state index contributed by atoms with van der Waals surface area (Å²) in [5.74, 6) is -0.234. The lowest BCUT2D eigenvalue weighted by atomic mass is 10.1. The number of furan rings is 1. The first kappa shape index (κ1) is 16.0. The average Bonchev–Trinajstić information content (AvgIpc) is 2.89. The van der Waals surface area contributed by atoms with Crippen LogP contribution in [0.1, 0.15) is 34.2 Å². The highest BCUT2D eigenvalue weighted by molar-refractivity contribution is 6.03. The Labute approximate surface area is 138 Å². The van der Waals surface area contributed by atoms with Crippen LogP contribution in [0.4, 0.5) is 0 Å². The molecule has 0 N–H and O–H groups in total. The number of esters is 1. The summed E-state index contributed by atoms with van der Waals surface area (Å²) in [4.78, 5) is 29.1. The molecule has 6 nitrogen and oxygen atoms in total. The topological polar surface area (TPSA) is 74.3 Å². The Morgan fingerprint density at radius 2 is 1.96 bits per heavy atom. The predicted molar refractivity (Wildman–Crippen MR) is 89.2 cm³/mol. The van der Waals surface area contributed by atoms with Crippen molar-refractivity contribution in [3.05, 3.63) is 63.4 Å². The minimum Gasteiger partial charge on any atom is -0.462 e. The number of nitrogens with zero attached hydrogens (tertiary/aromatic N) is 2. The van der Waals surface area contributed by atoms with Crippen molar-refractivity contribution in [2.24, 2.45) is 0 Å². The van der Waals surface area contributed by atoms with Crippen LogP contribution in [0.5, 0.6) is 0 Å². The van der Waals surface area contributed by atoms with Crippen LogP contribution >= 0.6 is 0 Å². The van der Waals surface area contributed by atoms with Gasteiger partial charge in [-0.05, 0) is 26.3 Å². The zero-order valence-electron chi connectivity index (χ0n) is 13.8. The molecule has 0 aliphatic carbocycles. The van der Waals surface area contributed by atoms with Crippen LogP contribution in [0.2, 0.25) is 0 Å². The summed E-state index contributed by atoms with van der Waals surface area (Å²) in [5, 5.41) is 0.167. The number of aryl methyl sites for hydroxylation is 2. The Kier molecular flexibility index (Phi) is 4.20. The van der Waals surface area contributed by atoms with E-state index in [0.29, 0.717) is 12.3 Å². The Morgan fingerprint density at radius 1 is 1.25 bits per heavy atom. The molecule has 0 bridgehead atoms. The zero-order chi connectivity index (χ0) is 17.3. The number of hydrogen-bond donors (Lipinski definition) is 0. The maximum atomic E-state index is 12.8. The SMILES string of the molecule is CCOC(=O)c1c(C)oc2ncn(Cc3ccc(C)cc3)c(=O)c12. The summed E-state index contributed by atoms with van der Waals surface area (Å²) in [6.07, 6.45) is 1.43. The van der Waals surface area contributed by atoms with Crippen molar-refractivity contribution in [1.29, 1.82) is 0 Å². The summed E-state index contributed by atoms with van der Waals surface area (Å²) in [7, 11) is 0. The van der Waals surface area contributed by atoms with Crippen LogP contribution in [0.25, 0.3) is 11.1 Å². The molecule has 0 fully saturated rings. The first-order valence-electron chi connectivity index (χ1n) is 7.72. The standard InChI is InChI=1S/C18H18N2O4/c1-4-23-18(22)14-12(3)24-16-15(14)17(21)20(10-19-16)9-13-7-5-11(2)6-8-13/h5-8,10H,4,9H2,1-3H3. The fraction of sp³-hybridized carbons (Fsp3) is 0.278. The first-order chi connectivity index (χ1) is 11.5. The third kappa shape index (κ3) is 2.82. The van der Waals surface area contributed by atoms with E-state index >= 15 is 0 Å². The van der Waals surface area contributed by atoms with Gasteiger partial charge in [0.25, 0.3) is 5.56 Å². The maximum absolute atomic E-state index is 12.8. The Balaban J connectivity index is 2.09. The molecule has 0 radical (unpaired) electrons. The molecule has 0 amide bonds. The van der Waals surface area contributed by atoms with E-state index in [4.69, 9.17) is 9.15 Å². The van der Waals surface area contributed by atoms with Crippen molar-refractivity contribution in [2.75, 3.05) is 6.61 Å². The highest BCUT2D eigenvalue weighted by Gasteiger charge is 2.23. The van der Waals surface area contributed by atoms with Crippen LogP contribution in [-0.2, 0) is 11.3 Å². The van der Waals surface area contributed by atoms with Crippen molar-refractivity contribution < 1.29 is 13.9 Å². The second-order valence-electron chi connectivity index (χ2n) is 5.60. The molecule has 0 saturated heterocycles. The van der Waals surface area contributed by atoms with Gasteiger partial charge >= 0.3 is 5.97 Å². The van der Waals surface area contributed by atoms with E-state index in [2.05, 4.69) is 4.98 Å². The summed E-state index contributed by atoms with van der Waals surface area (Å²) in [5.41, 5.74) is 2.11. The van der Waals surface area contributed by atoms with Crippen LogP contribution in [0, 0.1) is 13.8 Å².